The average molecular weight is 250 g/mol. The van der Waals surface area contributed by atoms with Crippen LogP contribution in [0.3, 0.4) is 0 Å². The zero-order chi connectivity index (χ0) is 13.0. The molecule has 4 heteroatoms. The first-order chi connectivity index (χ1) is 8.78. The molecule has 1 aromatic heterocycles. The monoisotopic (exact) mass is 250 g/mol. The van der Waals surface area contributed by atoms with Crippen LogP contribution < -0.4 is 10.6 Å². The van der Waals surface area contributed by atoms with Crippen LogP contribution in [0.25, 0.3) is 0 Å². The highest BCUT2D eigenvalue weighted by atomic mass is 15.3. The van der Waals surface area contributed by atoms with E-state index in [0.717, 1.165) is 39.0 Å². The van der Waals surface area contributed by atoms with Crippen LogP contribution in [0.1, 0.15) is 38.8 Å². The molecule has 1 aliphatic rings. The van der Waals surface area contributed by atoms with E-state index in [2.05, 4.69) is 29.5 Å². The van der Waals surface area contributed by atoms with Crippen molar-refractivity contribution in [3.8, 4) is 0 Å². The van der Waals surface area contributed by atoms with Gasteiger partial charge in [0, 0.05) is 25.8 Å². The number of imidazole rings is 1. The van der Waals surface area contributed by atoms with E-state index < -0.39 is 0 Å². The molecule has 0 aromatic carbocycles. The quantitative estimate of drug-likeness (QED) is 0.870. The minimum Gasteiger partial charge on any atom is -0.342 e. The average Bonchev–Trinajstić information content (AvgIpc) is 2.82. The van der Waals surface area contributed by atoms with Crippen LogP contribution >= 0.6 is 0 Å². The number of hydrogen-bond acceptors (Lipinski definition) is 3. The van der Waals surface area contributed by atoms with Crippen LogP contribution in [0.4, 0.5) is 5.95 Å². The Morgan fingerprint density at radius 1 is 1.33 bits per heavy atom. The third kappa shape index (κ3) is 2.86. The third-order valence-electron chi connectivity index (χ3n) is 3.86. The molecular weight excluding hydrogens is 224 g/mol. The number of aryl methyl sites for hydroxylation is 2. The molecule has 0 saturated carbocycles. The number of piperidine rings is 1. The van der Waals surface area contributed by atoms with E-state index in [1.807, 2.05) is 0 Å². The van der Waals surface area contributed by atoms with Crippen LogP contribution in [-0.2, 0) is 13.0 Å². The molecule has 1 aliphatic heterocycles. The van der Waals surface area contributed by atoms with Crippen molar-refractivity contribution in [1.82, 2.24) is 9.55 Å². The maximum Gasteiger partial charge on any atom is 0.205 e. The molecule has 2 rings (SSSR count). The Labute approximate surface area is 110 Å². The topological polar surface area (TPSA) is 47.1 Å². The summed E-state index contributed by atoms with van der Waals surface area (Å²) in [4.78, 5) is 7.21. The number of rotatable bonds is 5. The fraction of sp³-hybridized carbons (Fsp3) is 0.786. The predicted molar refractivity (Wildman–Crippen MR) is 75.9 cm³/mol. The largest absolute Gasteiger partial charge is 0.342 e. The summed E-state index contributed by atoms with van der Waals surface area (Å²) in [5.74, 6) is 1.88. The predicted octanol–water partition coefficient (Wildman–Crippen LogP) is 2.03. The molecule has 2 heterocycles. The summed E-state index contributed by atoms with van der Waals surface area (Å²) >= 11 is 0. The van der Waals surface area contributed by atoms with Gasteiger partial charge in [0.05, 0.1) is 5.69 Å². The summed E-state index contributed by atoms with van der Waals surface area (Å²) < 4.78 is 2.32. The minimum absolute atomic E-state index is 0.710. The highest BCUT2D eigenvalue weighted by molar-refractivity contribution is 5.34. The van der Waals surface area contributed by atoms with Gasteiger partial charge in [0.2, 0.25) is 5.95 Å². The molecular formula is C14H26N4. The van der Waals surface area contributed by atoms with Crippen LogP contribution in [0, 0.1) is 5.92 Å². The first kappa shape index (κ1) is 13.4. The van der Waals surface area contributed by atoms with E-state index in [1.165, 1.54) is 24.5 Å². The Morgan fingerprint density at radius 3 is 2.61 bits per heavy atom. The van der Waals surface area contributed by atoms with Crippen LogP contribution in [0.15, 0.2) is 6.20 Å². The van der Waals surface area contributed by atoms with E-state index in [4.69, 9.17) is 10.7 Å². The molecule has 1 saturated heterocycles. The van der Waals surface area contributed by atoms with Crippen molar-refractivity contribution in [2.45, 2.75) is 46.1 Å². The zero-order valence-electron chi connectivity index (χ0n) is 11.7. The molecule has 0 bridgehead atoms. The number of anilines is 1. The number of nitrogens with two attached hydrogens (primary N) is 1. The van der Waals surface area contributed by atoms with Gasteiger partial charge in [0.15, 0.2) is 0 Å². The molecule has 2 N–H and O–H groups in total. The molecule has 4 nitrogen and oxygen atoms in total. The molecule has 0 amide bonds. The van der Waals surface area contributed by atoms with E-state index in [-0.39, 0.29) is 0 Å². The molecule has 0 atom stereocenters. The van der Waals surface area contributed by atoms with Crippen molar-refractivity contribution in [3.05, 3.63) is 11.9 Å². The normalized spacial score (nSPS) is 17.4. The lowest BCUT2D eigenvalue weighted by atomic mass is 9.97. The maximum absolute atomic E-state index is 5.75. The van der Waals surface area contributed by atoms with E-state index in [0.29, 0.717) is 5.92 Å². The van der Waals surface area contributed by atoms with Gasteiger partial charge in [-0.1, -0.05) is 13.8 Å². The highest BCUT2D eigenvalue weighted by Crippen LogP contribution is 2.23. The Bertz CT molecular complexity index is 364. The van der Waals surface area contributed by atoms with Gasteiger partial charge in [-0.3, -0.25) is 0 Å². The van der Waals surface area contributed by atoms with Crippen molar-refractivity contribution in [1.29, 1.82) is 0 Å². The first-order valence-corrected chi connectivity index (χ1v) is 7.29. The van der Waals surface area contributed by atoms with Crippen LogP contribution in [0.2, 0.25) is 0 Å². The molecule has 1 aromatic rings. The Hall–Kier alpha value is -1.03. The summed E-state index contributed by atoms with van der Waals surface area (Å²) in [7, 11) is 0. The second-order valence-electron chi connectivity index (χ2n) is 5.25. The van der Waals surface area contributed by atoms with Gasteiger partial charge in [0.1, 0.15) is 0 Å². The second kappa shape index (κ2) is 6.23. The van der Waals surface area contributed by atoms with Crippen molar-refractivity contribution < 1.29 is 0 Å². The van der Waals surface area contributed by atoms with Gasteiger partial charge in [0.25, 0.3) is 0 Å². The van der Waals surface area contributed by atoms with E-state index >= 15 is 0 Å². The molecule has 102 valence electrons. The number of hydrogen-bond donors (Lipinski definition) is 1. The number of aromatic nitrogens is 2. The van der Waals surface area contributed by atoms with Crippen molar-refractivity contribution in [3.63, 3.8) is 0 Å². The Balaban J connectivity index is 2.09. The van der Waals surface area contributed by atoms with Crippen molar-refractivity contribution >= 4 is 5.95 Å². The lowest BCUT2D eigenvalue weighted by Crippen LogP contribution is -2.37. The third-order valence-corrected chi connectivity index (χ3v) is 3.86. The van der Waals surface area contributed by atoms with Crippen LogP contribution in [-0.4, -0.2) is 29.2 Å². The summed E-state index contributed by atoms with van der Waals surface area (Å²) in [6.45, 7) is 8.49. The first-order valence-electron chi connectivity index (χ1n) is 7.29. The van der Waals surface area contributed by atoms with Gasteiger partial charge in [-0.25, -0.2) is 4.98 Å². The minimum atomic E-state index is 0.710. The molecule has 1 fully saturated rings. The van der Waals surface area contributed by atoms with Gasteiger partial charge in [-0.15, -0.1) is 0 Å². The van der Waals surface area contributed by atoms with Gasteiger partial charge in [-0.05, 0) is 38.1 Å². The summed E-state index contributed by atoms with van der Waals surface area (Å²) in [5.41, 5.74) is 6.96. The highest BCUT2D eigenvalue weighted by Gasteiger charge is 2.21. The molecule has 0 aliphatic carbocycles. The molecule has 0 spiro atoms. The Morgan fingerprint density at radius 2 is 2.06 bits per heavy atom. The number of nitrogens with zero attached hydrogens (tertiary/aromatic N) is 3. The lowest BCUT2D eigenvalue weighted by molar-refractivity contribution is 0.408. The van der Waals surface area contributed by atoms with Crippen molar-refractivity contribution in [2.24, 2.45) is 11.7 Å². The summed E-state index contributed by atoms with van der Waals surface area (Å²) in [6, 6.07) is 0. The second-order valence-corrected chi connectivity index (χ2v) is 5.25. The fourth-order valence-corrected chi connectivity index (χ4v) is 2.66. The van der Waals surface area contributed by atoms with Gasteiger partial charge >= 0.3 is 0 Å². The summed E-state index contributed by atoms with van der Waals surface area (Å²) in [6.07, 6.45) is 6.80. The zero-order valence-corrected chi connectivity index (χ0v) is 11.7. The van der Waals surface area contributed by atoms with E-state index in [1.54, 1.807) is 0 Å². The smallest absolute Gasteiger partial charge is 0.205 e. The van der Waals surface area contributed by atoms with Gasteiger partial charge in [-0.2, -0.15) is 0 Å². The maximum atomic E-state index is 5.75. The van der Waals surface area contributed by atoms with Crippen molar-refractivity contribution in [2.75, 3.05) is 24.5 Å². The standard InChI is InChI=1S/C14H26N4/c1-3-7-18-11-13(4-2)16-14(18)17-8-5-12(10-15)6-9-17/h11-12H,3-10,15H2,1-2H3. The molecule has 18 heavy (non-hydrogen) atoms. The fourth-order valence-electron chi connectivity index (χ4n) is 2.66. The molecule has 0 radical (unpaired) electrons. The van der Waals surface area contributed by atoms with E-state index in [9.17, 15) is 0 Å². The molecule has 0 unspecified atom stereocenters. The van der Waals surface area contributed by atoms with Crippen LogP contribution in [0.5, 0.6) is 0 Å². The Kier molecular flexibility index (Phi) is 4.64. The summed E-state index contributed by atoms with van der Waals surface area (Å²) in [5, 5.41) is 0. The lowest BCUT2D eigenvalue weighted by Gasteiger charge is -2.32. The van der Waals surface area contributed by atoms with Gasteiger partial charge < -0.3 is 15.2 Å². The SMILES string of the molecule is CCCn1cc(CC)nc1N1CCC(CN)CC1.